The van der Waals surface area contributed by atoms with Crippen molar-refractivity contribution >= 4 is 41.4 Å². The zero-order valence-corrected chi connectivity index (χ0v) is 36.8. The van der Waals surface area contributed by atoms with E-state index in [0.29, 0.717) is 32.2 Å². The average molecular weight is 809 g/mol. The van der Waals surface area contributed by atoms with E-state index in [1.165, 1.54) is 59.0 Å². The number of carbonyl (C=O) groups excluding carboxylic acids is 7. The van der Waals surface area contributed by atoms with Gasteiger partial charge in [-0.05, 0) is 57.3 Å². The Bertz CT molecular complexity index is 1180. The van der Waals surface area contributed by atoms with Crippen molar-refractivity contribution in [3.8, 4) is 0 Å². The molecular weight excluding hydrogens is 729 g/mol. The fourth-order valence-corrected chi connectivity index (χ4v) is 6.41. The number of nitrogens with one attached hydrogen (secondary N) is 6. The molecule has 0 fully saturated rings. The zero-order valence-electron chi connectivity index (χ0n) is 36.8. The Morgan fingerprint density at radius 3 is 1.44 bits per heavy atom. The lowest BCUT2D eigenvalue weighted by atomic mass is 10.0. The van der Waals surface area contributed by atoms with Gasteiger partial charge in [-0.3, -0.25) is 28.8 Å². The lowest BCUT2D eigenvalue weighted by Crippen LogP contribution is -2.56. The van der Waals surface area contributed by atoms with Crippen LogP contribution < -0.4 is 31.9 Å². The average Bonchev–Trinajstić information content (AvgIpc) is 3.15. The number of unbranched alkanes of at least 4 members (excludes halogenated alkanes) is 12. The standard InChI is InChI=1S/C43H80N6O8/c1-9-11-13-15-17-19-21-25-37(50)44-27-23-24-34(47-38(51)26-22-20-18-16-14-12-10-2)41(54)49-35(28-31(3)4)40(53)45-30-39(52)48-36(29-32(5)6)42(55)46-33(7)43(56)57-8/h31-36H,9-30H2,1-8H3,(H,44,50)(H,45,53)(H,46,55)(H,47,51)(H,48,52)(H,49,54). The first-order valence-electron chi connectivity index (χ1n) is 22.0. The number of hydrogen-bond donors (Lipinski definition) is 6. The Hall–Kier alpha value is -3.71. The molecule has 0 spiro atoms. The lowest BCUT2D eigenvalue weighted by Gasteiger charge is -2.25. The molecule has 0 aliphatic rings. The Labute approximate surface area is 344 Å². The summed E-state index contributed by atoms with van der Waals surface area (Å²) in [5.74, 6) is -3.13. The van der Waals surface area contributed by atoms with Crippen LogP contribution in [0.3, 0.4) is 0 Å². The molecule has 6 amide bonds. The number of ether oxygens (including phenoxy) is 1. The normalized spacial score (nSPS) is 13.2. The highest BCUT2D eigenvalue weighted by Gasteiger charge is 2.29. The number of hydrogen-bond acceptors (Lipinski definition) is 8. The van der Waals surface area contributed by atoms with Gasteiger partial charge >= 0.3 is 5.97 Å². The smallest absolute Gasteiger partial charge is 0.328 e. The summed E-state index contributed by atoms with van der Waals surface area (Å²) in [5, 5.41) is 16.4. The van der Waals surface area contributed by atoms with Gasteiger partial charge in [0.2, 0.25) is 35.4 Å². The molecule has 0 rings (SSSR count). The second-order valence-corrected chi connectivity index (χ2v) is 16.3. The topological polar surface area (TPSA) is 201 Å². The molecule has 0 aliphatic carbocycles. The molecule has 330 valence electrons. The van der Waals surface area contributed by atoms with Gasteiger partial charge in [-0.25, -0.2) is 4.79 Å². The molecule has 0 heterocycles. The van der Waals surface area contributed by atoms with Crippen LogP contribution in [0.2, 0.25) is 0 Å². The first-order chi connectivity index (χ1) is 27.1. The van der Waals surface area contributed by atoms with Gasteiger partial charge in [0.25, 0.3) is 0 Å². The van der Waals surface area contributed by atoms with Crippen LogP contribution in [0.15, 0.2) is 0 Å². The Balaban J connectivity index is 5.47. The molecule has 4 atom stereocenters. The lowest BCUT2D eigenvalue weighted by molar-refractivity contribution is -0.145. The van der Waals surface area contributed by atoms with Crippen LogP contribution in [0, 0.1) is 11.8 Å². The second kappa shape index (κ2) is 33.3. The highest BCUT2D eigenvalue weighted by atomic mass is 16.5. The summed E-state index contributed by atoms with van der Waals surface area (Å²) < 4.78 is 4.67. The van der Waals surface area contributed by atoms with Gasteiger partial charge < -0.3 is 36.6 Å². The van der Waals surface area contributed by atoms with Crippen LogP contribution in [0.1, 0.15) is 177 Å². The van der Waals surface area contributed by atoms with E-state index in [4.69, 9.17) is 0 Å². The van der Waals surface area contributed by atoms with E-state index in [2.05, 4.69) is 50.5 Å². The quantitative estimate of drug-likeness (QED) is 0.0361. The molecule has 0 bridgehead atoms. The molecule has 0 saturated heterocycles. The molecular formula is C43H80N6O8. The van der Waals surface area contributed by atoms with E-state index in [9.17, 15) is 33.6 Å². The van der Waals surface area contributed by atoms with Crippen LogP contribution in [-0.4, -0.2) is 85.8 Å². The SMILES string of the molecule is CCCCCCCCCC(=O)NCCCC(NC(=O)CCCCCCCCC)C(=O)NC(CC(C)C)C(=O)NCC(=O)NC(CC(C)C)C(=O)NC(C)C(=O)OC. The summed E-state index contributed by atoms with van der Waals surface area (Å²) in [5.41, 5.74) is 0. The third-order valence-electron chi connectivity index (χ3n) is 9.69. The highest BCUT2D eigenvalue weighted by Crippen LogP contribution is 2.12. The molecule has 6 N–H and O–H groups in total. The number of carbonyl (C=O) groups is 7. The summed E-state index contributed by atoms with van der Waals surface area (Å²) >= 11 is 0. The maximum atomic E-state index is 13.7. The molecule has 14 nitrogen and oxygen atoms in total. The molecule has 0 aliphatic heterocycles. The number of methoxy groups -OCH3 is 1. The van der Waals surface area contributed by atoms with Crippen LogP contribution in [0.4, 0.5) is 0 Å². The van der Waals surface area contributed by atoms with Crippen molar-refractivity contribution in [1.29, 1.82) is 0 Å². The van der Waals surface area contributed by atoms with Crippen molar-refractivity contribution in [2.24, 2.45) is 11.8 Å². The fraction of sp³-hybridized carbons (Fsp3) is 0.837. The number of amides is 6. The first kappa shape index (κ1) is 53.3. The van der Waals surface area contributed by atoms with Crippen molar-refractivity contribution in [1.82, 2.24) is 31.9 Å². The second-order valence-electron chi connectivity index (χ2n) is 16.3. The molecule has 0 aromatic rings. The van der Waals surface area contributed by atoms with Crippen molar-refractivity contribution in [3.05, 3.63) is 0 Å². The van der Waals surface area contributed by atoms with Crippen molar-refractivity contribution < 1.29 is 38.3 Å². The van der Waals surface area contributed by atoms with Crippen molar-refractivity contribution in [3.63, 3.8) is 0 Å². The van der Waals surface area contributed by atoms with Gasteiger partial charge in [-0.1, -0.05) is 119 Å². The summed E-state index contributed by atoms with van der Waals surface area (Å²) in [6.07, 6.45) is 17.3. The summed E-state index contributed by atoms with van der Waals surface area (Å²) in [7, 11) is 1.21. The van der Waals surface area contributed by atoms with Crippen molar-refractivity contribution in [2.75, 3.05) is 20.2 Å². The van der Waals surface area contributed by atoms with Gasteiger partial charge in [0.1, 0.15) is 24.2 Å². The maximum absolute atomic E-state index is 13.7. The Morgan fingerprint density at radius 1 is 0.474 bits per heavy atom. The highest BCUT2D eigenvalue weighted by molar-refractivity contribution is 5.95. The van der Waals surface area contributed by atoms with E-state index in [1.54, 1.807) is 0 Å². The predicted molar refractivity (Wildman–Crippen MR) is 225 cm³/mol. The minimum Gasteiger partial charge on any atom is -0.467 e. The summed E-state index contributed by atoms with van der Waals surface area (Å²) in [4.78, 5) is 90.3. The van der Waals surface area contributed by atoms with E-state index in [-0.39, 0.29) is 42.9 Å². The number of esters is 1. The van der Waals surface area contributed by atoms with Crippen LogP contribution in [0.25, 0.3) is 0 Å². The molecule has 0 saturated carbocycles. The largest absolute Gasteiger partial charge is 0.467 e. The fourth-order valence-electron chi connectivity index (χ4n) is 6.41. The van der Waals surface area contributed by atoms with Crippen LogP contribution in [-0.2, 0) is 38.3 Å². The van der Waals surface area contributed by atoms with E-state index >= 15 is 0 Å². The predicted octanol–water partition coefficient (Wildman–Crippen LogP) is 5.50. The third-order valence-corrected chi connectivity index (χ3v) is 9.69. The monoisotopic (exact) mass is 809 g/mol. The van der Waals surface area contributed by atoms with Crippen LogP contribution in [0.5, 0.6) is 0 Å². The summed E-state index contributed by atoms with van der Waals surface area (Å²) in [6, 6.07) is -3.79. The van der Waals surface area contributed by atoms with E-state index in [0.717, 1.165) is 38.5 Å². The third kappa shape index (κ3) is 28.4. The minimum atomic E-state index is -0.995. The minimum absolute atomic E-state index is 0.00251. The molecule has 0 aromatic carbocycles. The van der Waals surface area contributed by atoms with Gasteiger partial charge in [0.05, 0.1) is 13.7 Å². The van der Waals surface area contributed by atoms with E-state index < -0.39 is 60.3 Å². The first-order valence-corrected chi connectivity index (χ1v) is 22.0. The number of rotatable bonds is 34. The molecule has 14 heteroatoms. The molecule has 0 aromatic heterocycles. The van der Waals surface area contributed by atoms with Gasteiger partial charge in [0, 0.05) is 19.4 Å². The van der Waals surface area contributed by atoms with Gasteiger partial charge in [0.15, 0.2) is 0 Å². The van der Waals surface area contributed by atoms with Crippen molar-refractivity contribution in [2.45, 2.75) is 201 Å². The zero-order chi connectivity index (χ0) is 43.0. The summed E-state index contributed by atoms with van der Waals surface area (Å²) in [6.45, 7) is 13.3. The van der Waals surface area contributed by atoms with Crippen LogP contribution >= 0.6 is 0 Å². The Kier molecular flexibility index (Phi) is 31.1. The van der Waals surface area contributed by atoms with Gasteiger partial charge in [-0.15, -0.1) is 0 Å². The Morgan fingerprint density at radius 2 is 0.930 bits per heavy atom. The maximum Gasteiger partial charge on any atom is 0.328 e. The molecule has 57 heavy (non-hydrogen) atoms. The van der Waals surface area contributed by atoms with E-state index in [1.807, 2.05) is 27.7 Å². The molecule has 4 unspecified atom stereocenters. The molecule has 0 radical (unpaired) electrons. The van der Waals surface area contributed by atoms with Gasteiger partial charge in [-0.2, -0.15) is 0 Å².